The molecular weight excluding hydrogens is 350 g/mol. The van der Waals surface area contributed by atoms with Gasteiger partial charge in [0.15, 0.2) is 0 Å². The summed E-state index contributed by atoms with van der Waals surface area (Å²) in [6.07, 6.45) is 0.100. The zero-order chi connectivity index (χ0) is 18.0. The number of carbonyl (C=O) groups excluding carboxylic acids is 1. The van der Waals surface area contributed by atoms with Gasteiger partial charge in [-0.25, -0.2) is 4.79 Å². The van der Waals surface area contributed by atoms with E-state index in [4.69, 9.17) is 16.3 Å². The Morgan fingerprint density at radius 2 is 2.00 bits per heavy atom. The Labute approximate surface area is 151 Å². The van der Waals surface area contributed by atoms with Crippen molar-refractivity contribution >= 4 is 35.2 Å². The van der Waals surface area contributed by atoms with Gasteiger partial charge in [0.05, 0.1) is 11.9 Å². The monoisotopic (exact) mass is 371 g/mol. The van der Waals surface area contributed by atoms with E-state index in [0.717, 1.165) is 4.90 Å². The SMILES string of the molecule is CCOC1CC(NC(=O)CSc2ccc(Cl)cc2)(C(=O)O)C1(C)C. The summed E-state index contributed by atoms with van der Waals surface area (Å²) in [5.41, 5.74) is -1.96. The van der Waals surface area contributed by atoms with E-state index in [1.165, 1.54) is 11.8 Å². The number of aliphatic carboxylic acids is 1. The van der Waals surface area contributed by atoms with Crippen molar-refractivity contribution in [3.8, 4) is 0 Å². The van der Waals surface area contributed by atoms with Gasteiger partial charge in [0.2, 0.25) is 5.91 Å². The molecule has 2 rings (SSSR count). The molecule has 0 heterocycles. The molecular formula is C17H22ClNO4S. The number of rotatable bonds is 7. The molecule has 1 aliphatic rings. The number of ether oxygens (including phenoxy) is 1. The molecule has 0 spiro atoms. The van der Waals surface area contributed by atoms with Gasteiger partial charge in [-0.3, -0.25) is 4.79 Å². The van der Waals surface area contributed by atoms with Gasteiger partial charge in [0.1, 0.15) is 5.54 Å². The van der Waals surface area contributed by atoms with E-state index in [9.17, 15) is 14.7 Å². The highest BCUT2D eigenvalue weighted by Crippen LogP contribution is 2.51. The topological polar surface area (TPSA) is 75.6 Å². The van der Waals surface area contributed by atoms with Gasteiger partial charge in [0, 0.05) is 28.4 Å². The van der Waals surface area contributed by atoms with Crippen LogP contribution in [0.5, 0.6) is 0 Å². The highest BCUT2D eigenvalue weighted by atomic mass is 35.5. The van der Waals surface area contributed by atoms with Crippen LogP contribution >= 0.6 is 23.4 Å². The maximum atomic E-state index is 12.3. The average molecular weight is 372 g/mol. The molecule has 2 N–H and O–H groups in total. The first-order valence-corrected chi connectivity index (χ1v) is 9.13. The minimum atomic E-state index is -1.29. The molecule has 24 heavy (non-hydrogen) atoms. The number of halogens is 1. The number of carbonyl (C=O) groups is 2. The predicted octanol–water partition coefficient (Wildman–Crippen LogP) is 3.21. The Morgan fingerprint density at radius 3 is 2.50 bits per heavy atom. The highest BCUT2D eigenvalue weighted by molar-refractivity contribution is 8.00. The van der Waals surface area contributed by atoms with Crippen molar-refractivity contribution in [1.82, 2.24) is 5.32 Å². The van der Waals surface area contributed by atoms with Crippen LogP contribution in [0.4, 0.5) is 0 Å². The van der Waals surface area contributed by atoms with E-state index < -0.39 is 16.9 Å². The molecule has 0 aliphatic heterocycles. The van der Waals surface area contributed by atoms with Crippen LogP contribution in [-0.4, -0.2) is 41.0 Å². The van der Waals surface area contributed by atoms with Crippen LogP contribution < -0.4 is 5.32 Å². The zero-order valence-electron chi connectivity index (χ0n) is 14.0. The summed E-state index contributed by atoms with van der Waals surface area (Å²) in [6.45, 7) is 6.03. The van der Waals surface area contributed by atoms with E-state index in [2.05, 4.69) is 5.32 Å². The molecule has 132 valence electrons. The number of thioether (sulfide) groups is 1. The zero-order valence-corrected chi connectivity index (χ0v) is 15.5. The first kappa shape index (κ1) is 19.1. The normalized spacial score (nSPS) is 24.9. The largest absolute Gasteiger partial charge is 0.479 e. The lowest BCUT2D eigenvalue weighted by atomic mass is 9.54. The number of nitrogens with one attached hydrogen (secondary N) is 1. The molecule has 0 radical (unpaired) electrons. The summed E-state index contributed by atoms with van der Waals surface area (Å²) in [5, 5.41) is 13.0. The molecule has 1 aliphatic carbocycles. The van der Waals surface area contributed by atoms with E-state index in [-0.39, 0.29) is 24.2 Å². The molecule has 0 aromatic heterocycles. The molecule has 5 nitrogen and oxygen atoms in total. The first-order valence-electron chi connectivity index (χ1n) is 7.77. The standard InChI is InChI=1S/C17H22ClNO4S/c1-4-23-13-9-17(15(21)22,16(13,2)3)19-14(20)10-24-12-7-5-11(18)6-8-12/h5-8,13H,4,9-10H2,1-3H3,(H,19,20)(H,21,22). The molecule has 1 fully saturated rings. The summed E-state index contributed by atoms with van der Waals surface area (Å²) >= 11 is 7.17. The molecule has 7 heteroatoms. The second kappa shape index (κ2) is 7.33. The van der Waals surface area contributed by atoms with Crippen molar-refractivity contribution in [2.24, 2.45) is 5.41 Å². The van der Waals surface area contributed by atoms with Crippen LogP contribution in [0.2, 0.25) is 5.02 Å². The van der Waals surface area contributed by atoms with Crippen molar-refractivity contribution in [3.63, 3.8) is 0 Å². The van der Waals surface area contributed by atoms with Gasteiger partial charge in [-0.05, 0) is 31.2 Å². The van der Waals surface area contributed by atoms with Gasteiger partial charge in [0.25, 0.3) is 0 Å². The molecule has 0 saturated heterocycles. The lowest BCUT2D eigenvalue weighted by molar-refractivity contribution is -0.194. The molecule has 2 atom stereocenters. The molecule has 1 amide bonds. The number of carboxylic acids is 1. The van der Waals surface area contributed by atoms with Crippen LogP contribution in [0, 0.1) is 5.41 Å². The lowest BCUT2D eigenvalue weighted by Crippen LogP contribution is -2.76. The van der Waals surface area contributed by atoms with Crippen LogP contribution in [0.1, 0.15) is 27.2 Å². The van der Waals surface area contributed by atoms with Crippen LogP contribution in [0.15, 0.2) is 29.2 Å². The Bertz CT molecular complexity index is 620. The van der Waals surface area contributed by atoms with Gasteiger partial charge in [-0.15, -0.1) is 11.8 Å². The number of amides is 1. The molecule has 0 bridgehead atoms. The quantitative estimate of drug-likeness (QED) is 0.720. The maximum absolute atomic E-state index is 12.3. The summed E-state index contributed by atoms with van der Waals surface area (Å²) in [5.74, 6) is -1.18. The van der Waals surface area contributed by atoms with Crippen molar-refractivity contribution in [1.29, 1.82) is 0 Å². The van der Waals surface area contributed by atoms with Crippen LogP contribution in [0.3, 0.4) is 0 Å². The lowest BCUT2D eigenvalue weighted by Gasteiger charge is -2.58. The third-order valence-corrected chi connectivity index (χ3v) is 5.93. The third kappa shape index (κ3) is 3.55. The summed E-state index contributed by atoms with van der Waals surface area (Å²) in [6, 6.07) is 7.15. The Morgan fingerprint density at radius 1 is 1.38 bits per heavy atom. The third-order valence-electron chi connectivity index (χ3n) is 4.67. The van der Waals surface area contributed by atoms with Crippen molar-refractivity contribution in [2.45, 2.75) is 43.7 Å². The van der Waals surface area contributed by atoms with E-state index in [1.54, 1.807) is 12.1 Å². The molecule has 2 unspecified atom stereocenters. The number of carboxylic acid groups (broad SMARTS) is 1. The predicted molar refractivity (Wildman–Crippen MR) is 94.5 cm³/mol. The van der Waals surface area contributed by atoms with E-state index in [1.807, 2.05) is 32.9 Å². The second-order valence-electron chi connectivity index (χ2n) is 6.37. The summed E-state index contributed by atoms with van der Waals surface area (Å²) in [7, 11) is 0. The van der Waals surface area contributed by atoms with Crippen molar-refractivity contribution < 1.29 is 19.4 Å². The Balaban J connectivity index is 2.00. The van der Waals surface area contributed by atoms with E-state index in [0.29, 0.717) is 11.6 Å². The number of hydrogen-bond donors (Lipinski definition) is 2. The highest BCUT2D eigenvalue weighted by Gasteiger charge is 2.66. The average Bonchev–Trinajstić information content (AvgIpc) is 2.52. The van der Waals surface area contributed by atoms with Gasteiger partial charge in [-0.1, -0.05) is 25.4 Å². The fraction of sp³-hybridized carbons (Fsp3) is 0.529. The molecule has 1 saturated carbocycles. The van der Waals surface area contributed by atoms with Gasteiger partial charge >= 0.3 is 5.97 Å². The Hall–Kier alpha value is -1.24. The minimum Gasteiger partial charge on any atom is -0.479 e. The smallest absolute Gasteiger partial charge is 0.330 e. The molecule has 1 aromatic carbocycles. The van der Waals surface area contributed by atoms with E-state index >= 15 is 0 Å². The maximum Gasteiger partial charge on any atom is 0.330 e. The number of benzene rings is 1. The summed E-state index contributed by atoms with van der Waals surface area (Å²) in [4.78, 5) is 25.0. The van der Waals surface area contributed by atoms with Gasteiger partial charge < -0.3 is 15.2 Å². The summed E-state index contributed by atoms with van der Waals surface area (Å²) < 4.78 is 5.59. The van der Waals surface area contributed by atoms with Gasteiger partial charge in [-0.2, -0.15) is 0 Å². The fourth-order valence-corrected chi connectivity index (χ4v) is 3.82. The second-order valence-corrected chi connectivity index (χ2v) is 7.86. The van der Waals surface area contributed by atoms with Crippen LogP contribution in [-0.2, 0) is 14.3 Å². The minimum absolute atomic E-state index is 0.145. The fourth-order valence-electron chi connectivity index (χ4n) is 2.99. The Kier molecular flexibility index (Phi) is 5.83. The van der Waals surface area contributed by atoms with Crippen molar-refractivity contribution in [3.05, 3.63) is 29.3 Å². The van der Waals surface area contributed by atoms with Crippen LogP contribution in [0.25, 0.3) is 0 Å². The molecule has 1 aromatic rings. The first-order chi connectivity index (χ1) is 11.2. The number of hydrogen-bond acceptors (Lipinski definition) is 4. The van der Waals surface area contributed by atoms with Crippen molar-refractivity contribution in [2.75, 3.05) is 12.4 Å².